The highest BCUT2D eigenvalue weighted by molar-refractivity contribution is 7.91. The van der Waals surface area contributed by atoms with Gasteiger partial charge in [-0.15, -0.1) is 0 Å². The van der Waals surface area contributed by atoms with E-state index in [-0.39, 0.29) is 29.8 Å². The Balaban J connectivity index is 1.96. The van der Waals surface area contributed by atoms with E-state index in [1.54, 1.807) is 0 Å². The standard InChI is InChI=1S/C16H22N2O3S/c1-11-4-5-12(2)15(8-11)13(3)17-18-16(19)9-14-6-7-22(20,21)10-14/h4-5,8,14H,6-7,9-10H2,1-3H3,(H,18,19)/b17-13-/t14-/m0/s1. The van der Waals surface area contributed by atoms with E-state index >= 15 is 0 Å². The molecule has 0 aliphatic carbocycles. The summed E-state index contributed by atoms with van der Waals surface area (Å²) in [4.78, 5) is 11.9. The average molecular weight is 322 g/mol. The van der Waals surface area contributed by atoms with Crippen molar-refractivity contribution in [2.24, 2.45) is 11.0 Å². The average Bonchev–Trinajstić information content (AvgIpc) is 2.78. The second kappa shape index (κ2) is 6.60. The second-order valence-electron chi connectivity index (χ2n) is 6.02. The minimum absolute atomic E-state index is 0.0822. The molecule has 0 bridgehead atoms. The fourth-order valence-electron chi connectivity index (χ4n) is 2.67. The van der Waals surface area contributed by atoms with E-state index in [1.165, 1.54) is 0 Å². The van der Waals surface area contributed by atoms with Gasteiger partial charge in [0.05, 0.1) is 17.2 Å². The van der Waals surface area contributed by atoms with Gasteiger partial charge >= 0.3 is 0 Å². The van der Waals surface area contributed by atoms with Gasteiger partial charge in [-0.05, 0) is 44.7 Å². The lowest BCUT2D eigenvalue weighted by atomic mass is 10.0. The molecule has 120 valence electrons. The Kier molecular flexibility index (Phi) is 5.01. The summed E-state index contributed by atoms with van der Waals surface area (Å²) in [6, 6.07) is 6.09. The number of aryl methyl sites for hydroxylation is 2. The predicted molar refractivity (Wildman–Crippen MR) is 87.6 cm³/mol. The molecule has 1 aliphatic heterocycles. The largest absolute Gasteiger partial charge is 0.273 e. The van der Waals surface area contributed by atoms with Crippen LogP contribution in [0.1, 0.15) is 36.5 Å². The maximum atomic E-state index is 11.9. The van der Waals surface area contributed by atoms with Gasteiger partial charge < -0.3 is 0 Å². The van der Waals surface area contributed by atoms with Crippen LogP contribution in [0.4, 0.5) is 0 Å². The molecule has 0 saturated carbocycles. The molecule has 2 rings (SSSR count). The predicted octanol–water partition coefficient (Wildman–Crippen LogP) is 1.97. The van der Waals surface area contributed by atoms with Crippen LogP contribution in [-0.2, 0) is 14.6 Å². The Labute approximate surface area is 131 Å². The minimum atomic E-state index is -2.94. The van der Waals surface area contributed by atoms with E-state index in [0.29, 0.717) is 6.42 Å². The molecular formula is C16H22N2O3S. The second-order valence-corrected chi connectivity index (χ2v) is 8.25. The fraction of sp³-hybridized carbons (Fsp3) is 0.500. The number of carbonyl (C=O) groups is 1. The molecule has 1 saturated heterocycles. The Morgan fingerprint density at radius 1 is 1.36 bits per heavy atom. The molecule has 1 amide bonds. The SMILES string of the molecule is C/C(=N/NC(=O)C[C@@H]1CCS(=O)(=O)C1)c1cc(C)ccc1C. The molecule has 0 radical (unpaired) electrons. The van der Waals surface area contributed by atoms with Crippen molar-refractivity contribution in [3.8, 4) is 0 Å². The van der Waals surface area contributed by atoms with Crippen molar-refractivity contribution >= 4 is 21.5 Å². The molecule has 1 aromatic carbocycles. The normalized spacial score (nSPS) is 20.9. The quantitative estimate of drug-likeness (QED) is 0.680. The van der Waals surface area contributed by atoms with Crippen LogP contribution in [-0.4, -0.2) is 31.5 Å². The van der Waals surface area contributed by atoms with Crippen molar-refractivity contribution in [2.75, 3.05) is 11.5 Å². The van der Waals surface area contributed by atoms with Gasteiger partial charge in [0.2, 0.25) is 5.91 Å². The molecule has 1 N–H and O–H groups in total. The van der Waals surface area contributed by atoms with Crippen LogP contribution < -0.4 is 5.43 Å². The van der Waals surface area contributed by atoms with Crippen molar-refractivity contribution in [3.63, 3.8) is 0 Å². The van der Waals surface area contributed by atoms with Crippen LogP contribution in [0, 0.1) is 19.8 Å². The first-order valence-corrected chi connectivity index (χ1v) is 9.20. The smallest absolute Gasteiger partial charge is 0.240 e. The molecule has 0 unspecified atom stereocenters. The molecule has 1 aromatic rings. The topological polar surface area (TPSA) is 75.6 Å². The number of carbonyl (C=O) groups excluding carboxylic acids is 1. The molecule has 1 fully saturated rings. The van der Waals surface area contributed by atoms with Crippen LogP contribution >= 0.6 is 0 Å². The number of amides is 1. The van der Waals surface area contributed by atoms with Crippen LogP contribution in [0.2, 0.25) is 0 Å². The van der Waals surface area contributed by atoms with E-state index in [1.807, 2.05) is 39.0 Å². The van der Waals surface area contributed by atoms with E-state index < -0.39 is 9.84 Å². The van der Waals surface area contributed by atoms with Gasteiger partial charge in [0.15, 0.2) is 9.84 Å². The van der Waals surface area contributed by atoms with Crippen LogP contribution in [0.3, 0.4) is 0 Å². The first-order valence-electron chi connectivity index (χ1n) is 7.38. The number of hydrogen-bond donors (Lipinski definition) is 1. The summed E-state index contributed by atoms with van der Waals surface area (Å²) in [5, 5.41) is 4.14. The van der Waals surface area contributed by atoms with Gasteiger partial charge in [-0.3, -0.25) is 4.79 Å². The van der Waals surface area contributed by atoms with Gasteiger partial charge in [-0.1, -0.05) is 17.7 Å². The number of nitrogens with zero attached hydrogens (tertiary/aromatic N) is 1. The van der Waals surface area contributed by atoms with Crippen molar-refractivity contribution in [2.45, 2.75) is 33.6 Å². The summed E-state index contributed by atoms with van der Waals surface area (Å²) in [5.74, 6) is -0.0106. The van der Waals surface area contributed by atoms with Gasteiger partial charge in [-0.2, -0.15) is 5.10 Å². The third-order valence-electron chi connectivity index (χ3n) is 3.93. The number of benzene rings is 1. The fourth-order valence-corrected chi connectivity index (χ4v) is 4.53. The Hall–Kier alpha value is -1.69. The van der Waals surface area contributed by atoms with Crippen molar-refractivity contribution in [3.05, 3.63) is 34.9 Å². The lowest BCUT2D eigenvalue weighted by Gasteiger charge is -2.08. The molecule has 22 heavy (non-hydrogen) atoms. The first-order chi connectivity index (χ1) is 10.3. The summed E-state index contributed by atoms with van der Waals surface area (Å²) in [5.41, 5.74) is 6.52. The van der Waals surface area contributed by atoms with E-state index in [2.05, 4.69) is 10.5 Å². The Morgan fingerprint density at radius 2 is 2.09 bits per heavy atom. The highest BCUT2D eigenvalue weighted by atomic mass is 32.2. The summed E-state index contributed by atoms with van der Waals surface area (Å²) < 4.78 is 22.8. The summed E-state index contributed by atoms with van der Waals surface area (Å²) in [6.45, 7) is 5.86. The monoisotopic (exact) mass is 322 g/mol. The zero-order valence-electron chi connectivity index (χ0n) is 13.2. The van der Waals surface area contributed by atoms with Gasteiger partial charge in [0, 0.05) is 12.0 Å². The highest BCUT2D eigenvalue weighted by Crippen LogP contribution is 2.21. The van der Waals surface area contributed by atoms with Crippen LogP contribution in [0.5, 0.6) is 0 Å². The Bertz CT molecular complexity index is 708. The highest BCUT2D eigenvalue weighted by Gasteiger charge is 2.29. The van der Waals surface area contributed by atoms with Crippen molar-refractivity contribution < 1.29 is 13.2 Å². The van der Waals surface area contributed by atoms with Crippen molar-refractivity contribution in [1.82, 2.24) is 5.43 Å². The molecule has 5 nitrogen and oxygen atoms in total. The number of rotatable bonds is 4. The zero-order valence-corrected chi connectivity index (χ0v) is 14.0. The summed E-state index contributed by atoms with van der Waals surface area (Å²) in [7, 11) is -2.94. The molecular weight excluding hydrogens is 300 g/mol. The Morgan fingerprint density at radius 3 is 2.73 bits per heavy atom. The number of hydrazone groups is 1. The minimum Gasteiger partial charge on any atom is -0.273 e. The third-order valence-corrected chi connectivity index (χ3v) is 5.77. The lowest BCUT2D eigenvalue weighted by Crippen LogP contribution is -2.22. The van der Waals surface area contributed by atoms with Gasteiger partial charge in [0.1, 0.15) is 0 Å². The van der Waals surface area contributed by atoms with Gasteiger partial charge in [0.25, 0.3) is 0 Å². The van der Waals surface area contributed by atoms with E-state index in [4.69, 9.17) is 0 Å². The number of sulfone groups is 1. The molecule has 1 atom stereocenters. The molecule has 6 heteroatoms. The summed E-state index contributed by atoms with van der Waals surface area (Å²) >= 11 is 0. The molecule has 0 spiro atoms. The van der Waals surface area contributed by atoms with Crippen LogP contribution in [0.25, 0.3) is 0 Å². The van der Waals surface area contributed by atoms with E-state index in [0.717, 1.165) is 22.4 Å². The maximum Gasteiger partial charge on any atom is 0.240 e. The third kappa shape index (κ3) is 4.40. The molecule has 0 aromatic heterocycles. The van der Waals surface area contributed by atoms with Crippen LogP contribution in [0.15, 0.2) is 23.3 Å². The van der Waals surface area contributed by atoms with Crippen molar-refractivity contribution in [1.29, 1.82) is 0 Å². The zero-order chi connectivity index (χ0) is 16.3. The summed E-state index contributed by atoms with van der Waals surface area (Å²) in [6.07, 6.45) is 0.776. The number of nitrogens with one attached hydrogen (secondary N) is 1. The number of hydrogen-bond acceptors (Lipinski definition) is 4. The van der Waals surface area contributed by atoms with Gasteiger partial charge in [-0.25, -0.2) is 13.8 Å². The maximum absolute atomic E-state index is 11.9. The molecule has 1 aliphatic rings. The first kappa shape index (κ1) is 16.7. The lowest BCUT2D eigenvalue weighted by molar-refractivity contribution is -0.121. The molecule has 1 heterocycles. The van der Waals surface area contributed by atoms with E-state index in [9.17, 15) is 13.2 Å².